The summed E-state index contributed by atoms with van der Waals surface area (Å²) in [5.41, 5.74) is -1.04. The molecule has 1 atom stereocenters. The minimum Gasteiger partial charge on any atom is -0.477 e. The second kappa shape index (κ2) is 5.40. The molecule has 0 saturated carbocycles. The van der Waals surface area contributed by atoms with Crippen LogP contribution in [-0.2, 0) is 6.54 Å². The van der Waals surface area contributed by atoms with Gasteiger partial charge in [0, 0.05) is 11.6 Å². The van der Waals surface area contributed by atoms with Crippen LogP contribution in [0.15, 0.2) is 29.2 Å². The van der Waals surface area contributed by atoms with E-state index in [1.54, 1.807) is 0 Å². The summed E-state index contributed by atoms with van der Waals surface area (Å²) in [4.78, 5) is 23.0. The average molecular weight is 281 g/mol. The van der Waals surface area contributed by atoms with E-state index in [4.69, 9.17) is 10.2 Å². The van der Waals surface area contributed by atoms with Crippen LogP contribution in [0.25, 0.3) is 10.9 Å². The first-order chi connectivity index (χ1) is 9.43. The van der Waals surface area contributed by atoms with E-state index < -0.39 is 35.5 Å². The van der Waals surface area contributed by atoms with Crippen LogP contribution in [0.4, 0.5) is 4.39 Å². The number of carboxylic acid groups (broad SMARTS) is 1. The summed E-state index contributed by atoms with van der Waals surface area (Å²) in [7, 11) is 0. The van der Waals surface area contributed by atoms with Crippen molar-refractivity contribution >= 4 is 16.9 Å². The number of aliphatic hydroxyl groups is 2. The van der Waals surface area contributed by atoms with Crippen LogP contribution in [0.1, 0.15) is 10.4 Å². The standard InChI is InChI=1S/C13H12FNO5/c14-7-1-2-9-11(3-7)15(4-8(17)6-16)5-10(12(9)18)13(19)20/h1-3,5,8,16-17H,4,6H2,(H,19,20). The van der Waals surface area contributed by atoms with Crippen LogP contribution in [-0.4, -0.2) is 38.6 Å². The van der Waals surface area contributed by atoms with Crippen molar-refractivity contribution < 1.29 is 24.5 Å². The van der Waals surface area contributed by atoms with Crippen molar-refractivity contribution in [1.29, 1.82) is 0 Å². The number of hydrogen-bond donors (Lipinski definition) is 3. The van der Waals surface area contributed by atoms with Gasteiger partial charge in [0.05, 0.1) is 24.8 Å². The minimum absolute atomic E-state index is 0.0384. The Morgan fingerprint density at radius 2 is 2.10 bits per heavy atom. The third-order valence-corrected chi connectivity index (χ3v) is 2.89. The van der Waals surface area contributed by atoms with E-state index in [0.29, 0.717) is 0 Å². The summed E-state index contributed by atoms with van der Waals surface area (Å²) in [6.45, 7) is -0.692. The number of hydrogen-bond acceptors (Lipinski definition) is 4. The molecule has 0 aliphatic heterocycles. The number of carbonyl (C=O) groups is 1. The molecule has 2 rings (SSSR count). The number of aromatic nitrogens is 1. The van der Waals surface area contributed by atoms with Crippen molar-refractivity contribution in [2.75, 3.05) is 6.61 Å². The number of pyridine rings is 1. The zero-order valence-electron chi connectivity index (χ0n) is 10.3. The quantitative estimate of drug-likeness (QED) is 0.743. The van der Waals surface area contributed by atoms with E-state index in [9.17, 15) is 19.1 Å². The smallest absolute Gasteiger partial charge is 0.341 e. The lowest BCUT2D eigenvalue weighted by Crippen LogP contribution is -2.24. The second-order valence-electron chi connectivity index (χ2n) is 4.33. The van der Waals surface area contributed by atoms with Gasteiger partial charge in [-0.05, 0) is 18.2 Å². The van der Waals surface area contributed by atoms with Crippen molar-refractivity contribution in [3.63, 3.8) is 0 Å². The van der Waals surface area contributed by atoms with E-state index in [2.05, 4.69) is 0 Å². The average Bonchev–Trinajstić information content (AvgIpc) is 2.41. The van der Waals surface area contributed by atoms with E-state index in [1.165, 1.54) is 10.6 Å². The molecule has 0 aliphatic carbocycles. The molecule has 20 heavy (non-hydrogen) atoms. The summed E-state index contributed by atoms with van der Waals surface area (Å²) in [5.74, 6) is -2.00. The topological polar surface area (TPSA) is 99.8 Å². The Labute approximate surface area is 112 Å². The molecule has 0 radical (unpaired) electrons. The maximum atomic E-state index is 13.3. The highest BCUT2D eigenvalue weighted by Gasteiger charge is 2.16. The molecule has 2 aromatic rings. The molecule has 0 aliphatic rings. The fraction of sp³-hybridized carbons (Fsp3) is 0.231. The highest BCUT2D eigenvalue weighted by atomic mass is 19.1. The first-order valence-corrected chi connectivity index (χ1v) is 5.79. The zero-order valence-corrected chi connectivity index (χ0v) is 10.3. The molecule has 3 N–H and O–H groups in total. The first-order valence-electron chi connectivity index (χ1n) is 5.79. The predicted octanol–water partition coefficient (Wildman–Crippen LogP) is 0.192. The lowest BCUT2D eigenvalue weighted by atomic mass is 10.1. The molecule has 0 bridgehead atoms. The normalized spacial score (nSPS) is 12.6. The molecule has 0 fully saturated rings. The number of nitrogens with zero attached hydrogens (tertiary/aromatic N) is 1. The molecule has 106 valence electrons. The Morgan fingerprint density at radius 3 is 2.70 bits per heavy atom. The number of benzene rings is 1. The Bertz CT molecular complexity index is 725. The molecule has 0 saturated heterocycles. The van der Waals surface area contributed by atoms with Gasteiger partial charge in [-0.1, -0.05) is 0 Å². The fourth-order valence-corrected chi connectivity index (χ4v) is 1.95. The van der Waals surface area contributed by atoms with Crippen LogP contribution in [0.2, 0.25) is 0 Å². The largest absolute Gasteiger partial charge is 0.477 e. The van der Waals surface area contributed by atoms with Crippen LogP contribution < -0.4 is 5.43 Å². The Balaban J connectivity index is 2.76. The van der Waals surface area contributed by atoms with Gasteiger partial charge in [-0.15, -0.1) is 0 Å². The molecule has 1 unspecified atom stereocenters. The van der Waals surface area contributed by atoms with Crippen molar-refractivity contribution in [3.8, 4) is 0 Å². The maximum absolute atomic E-state index is 13.3. The monoisotopic (exact) mass is 281 g/mol. The van der Waals surface area contributed by atoms with Gasteiger partial charge in [0.1, 0.15) is 11.4 Å². The number of carboxylic acids is 1. The number of aromatic carboxylic acids is 1. The molecule has 7 heteroatoms. The number of fused-ring (bicyclic) bond motifs is 1. The molecule has 0 amide bonds. The Hall–Kier alpha value is -2.25. The number of halogens is 1. The van der Waals surface area contributed by atoms with Crippen molar-refractivity contribution in [2.24, 2.45) is 0 Å². The van der Waals surface area contributed by atoms with Gasteiger partial charge in [0.15, 0.2) is 0 Å². The molecule has 1 aromatic carbocycles. The zero-order chi connectivity index (χ0) is 14.9. The number of rotatable bonds is 4. The van der Waals surface area contributed by atoms with Crippen LogP contribution in [0, 0.1) is 5.82 Å². The highest BCUT2D eigenvalue weighted by molar-refractivity contribution is 5.92. The Kier molecular flexibility index (Phi) is 3.82. The van der Waals surface area contributed by atoms with Crippen molar-refractivity contribution in [2.45, 2.75) is 12.6 Å². The molecule has 6 nitrogen and oxygen atoms in total. The van der Waals surface area contributed by atoms with Crippen LogP contribution in [0.3, 0.4) is 0 Å². The first kappa shape index (κ1) is 14.2. The Morgan fingerprint density at radius 1 is 1.40 bits per heavy atom. The fourth-order valence-electron chi connectivity index (χ4n) is 1.95. The maximum Gasteiger partial charge on any atom is 0.341 e. The predicted molar refractivity (Wildman–Crippen MR) is 68.2 cm³/mol. The van der Waals surface area contributed by atoms with Gasteiger partial charge in [-0.2, -0.15) is 0 Å². The van der Waals surface area contributed by atoms with Crippen molar-refractivity contribution in [3.05, 3.63) is 46.0 Å². The minimum atomic E-state index is -1.41. The highest BCUT2D eigenvalue weighted by Crippen LogP contribution is 2.14. The molecular formula is C13H12FNO5. The van der Waals surface area contributed by atoms with Gasteiger partial charge >= 0.3 is 5.97 Å². The third kappa shape index (κ3) is 2.54. The SMILES string of the molecule is O=C(O)c1cn(CC(O)CO)c2cc(F)ccc2c1=O. The molecule has 1 aromatic heterocycles. The van der Waals surface area contributed by atoms with Gasteiger partial charge < -0.3 is 19.9 Å². The summed E-state index contributed by atoms with van der Waals surface area (Å²) < 4.78 is 14.5. The summed E-state index contributed by atoms with van der Waals surface area (Å²) in [6.07, 6.45) is -0.115. The van der Waals surface area contributed by atoms with E-state index in [-0.39, 0.29) is 17.4 Å². The van der Waals surface area contributed by atoms with Crippen molar-refractivity contribution in [1.82, 2.24) is 4.57 Å². The molecule has 0 spiro atoms. The molecule has 1 heterocycles. The third-order valence-electron chi connectivity index (χ3n) is 2.89. The lowest BCUT2D eigenvalue weighted by molar-refractivity contribution is 0.0691. The van der Waals surface area contributed by atoms with Crippen LogP contribution in [0.5, 0.6) is 0 Å². The number of aliphatic hydroxyl groups excluding tert-OH is 2. The molecular weight excluding hydrogens is 269 g/mol. The summed E-state index contributed by atoms with van der Waals surface area (Å²) in [6, 6.07) is 3.33. The van der Waals surface area contributed by atoms with Gasteiger partial charge in [0.2, 0.25) is 5.43 Å². The van der Waals surface area contributed by atoms with Gasteiger partial charge in [-0.3, -0.25) is 4.79 Å². The van der Waals surface area contributed by atoms with Crippen LogP contribution >= 0.6 is 0 Å². The summed E-state index contributed by atoms with van der Waals surface area (Å²) in [5, 5.41) is 27.3. The van der Waals surface area contributed by atoms with Gasteiger partial charge in [0.25, 0.3) is 0 Å². The second-order valence-corrected chi connectivity index (χ2v) is 4.33. The van der Waals surface area contributed by atoms with E-state index >= 15 is 0 Å². The van der Waals surface area contributed by atoms with E-state index in [1.807, 2.05) is 0 Å². The lowest BCUT2D eigenvalue weighted by Gasteiger charge is -2.15. The van der Waals surface area contributed by atoms with Gasteiger partial charge in [-0.25, -0.2) is 9.18 Å². The van der Waals surface area contributed by atoms with E-state index in [0.717, 1.165) is 18.3 Å². The summed E-state index contributed by atoms with van der Waals surface area (Å²) >= 11 is 0.